The normalized spacial score (nSPS) is 18.7. The van der Waals surface area contributed by atoms with E-state index in [2.05, 4.69) is 0 Å². The molecular formula is C16H23N3O3S. The Morgan fingerprint density at radius 1 is 1.26 bits per heavy atom. The highest BCUT2D eigenvalue weighted by molar-refractivity contribution is 7.89. The van der Waals surface area contributed by atoms with Crippen LogP contribution in [-0.4, -0.2) is 63.1 Å². The highest BCUT2D eigenvalue weighted by Crippen LogP contribution is 2.33. The number of rotatable bonds is 5. The van der Waals surface area contributed by atoms with E-state index < -0.39 is 10.0 Å². The van der Waals surface area contributed by atoms with Gasteiger partial charge in [0.25, 0.3) is 0 Å². The summed E-state index contributed by atoms with van der Waals surface area (Å²) in [6.45, 7) is 1.61. The lowest BCUT2D eigenvalue weighted by Gasteiger charge is -2.41. The first-order valence-electron chi connectivity index (χ1n) is 7.59. The zero-order valence-corrected chi connectivity index (χ0v) is 14.4. The van der Waals surface area contributed by atoms with Crippen LogP contribution < -0.4 is 0 Å². The SMILES string of the molecule is CN(C)CC1(CO)CCN(S(=O)(=O)c2ccc(C#N)cc2)CC1. The van der Waals surface area contributed by atoms with Gasteiger partial charge >= 0.3 is 0 Å². The summed E-state index contributed by atoms with van der Waals surface area (Å²) in [4.78, 5) is 2.24. The zero-order valence-electron chi connectivity index (χ0n) is 13.6. The van der Waals surface area contributed by atoms with E-state index in [1.165, 1.54) is 28.6 Å². The molecule has 0 saturated carbocycles. The quantitative estimate of drug-likeness (QED) is 0.862. The molecule has 1 fully saturated rings. The van der Waals surface area contributed by atoms with Crippen molar-refractivity contribution in [2.75, 3.05) is 40.3 Å². The second-order valence-corrected chi connectivity index (χ2v) is 8.37. The molecule has 0 aliphatic carbocycles. The van der Waals surface area contributed by atoms with Gasteiger partial charge in [-0.3, -0.25) is 0 Å². The van der Waals surface area contributed by atoms with E-state index in [1.54, 1.807) is 0 Å². The molecule has 0 atom stereocenters. The molecule has 1 N–H and O–H groups in total. The van der Waals surface area contributed by atoms with Crippen molar-refractivity contribution in [2.45, 2.75) is 17.7 Å². The number of nitrogens with zero attached hydrogens (tertiary/aromatic N) is 3. The Morgan fingerprint density at radius 3 is 2.26 bits per heavy atom. The summed E-state index contributed by atoms with van der Waals surface area (Å²) in [5.41, 5.74) is 0.202. The number of hydrogen-bond acceptors (Lipinski definition) is 5. The van der Waals surface area contributed by atoms with Gasteiger partial charge < -0.3 is 10.0 Å². The standard InChI is InChI=1S/C16H23N3O3S/c1-18(2)12-16(13-20)7-9-19(10-8-16)23(21,22)15-5-3-14(11-17)4-6-15/h3-6,20H,7-10,12-13H2,1-2H3. The van der Waals surface area contributed by atoms with Gasteiger partial charge in [-0.15, -0.1) is 0 Å². The molecule has 23 heavy (non-hydrogen) atoms. The molecule has 0 radical (unpaired) electrons. The van der Waals surface area contributed by atoms with Gasteiger partial charge in [-0.05, 0) is 51.2 Å². The van der Waals surface area contributed by atoms with Gasteiger partial charge in [0, 0.05) is 25.0 Å². The molecule has 1 aromatic carbocycles. The van der Waals surface area contributed by atoms with E-state index in [-0.39, 0.29) is 16.9 Å². The largest absolute Gasteiger partial charge is 0.396 e. The molecule has 0 unspecified atom stereocenters. The number of benzene rings is 1. The summed E-state index contributed by atoms with van der Waals surface area (Å²) in [5, 5.41) is 18.5. The van der Waals surface area contributed by atoms with Gasteiger partial charge in [0.15, 0.2) is 0 Å². The predicted octanol–water partition coefficient (Wildman–Crippen LogP) is 0.883. The van der Waals surface area contributed by atoms with E-state index in [4.69, 9.17) is 5.26 Å². The van der Waals surface area contributed by atoms with E-state index >= 15 is 0 Å². The van der Waals surface area contributed by atoms with Gasteiger partial charge in [-0.1, -0.05) is 0 Å². The summed E-state index contributed by atoms with van der Waals surface area (Å²) < 4.78 is 26.8. The lowest BCUT2D eigenvalue weighted by atomic mass is 9.79. The molecule has 0 bridgehead atoms. The van der Waals surface area contributed by atoms with Gasteiger partial charge in [0.1, 0.15) is 0 Å². The topological polar surface area (TPSA) is 84.6 Å². The molecule has 0 aromatic heterocycles. The number of piperidine rings is 1. The first-order chi connectivity index (χ1) is 10.8. The Labute approximate surface area is 138 Å². The predicted molar refractivity (Wildman–Crippen MR) is 87.2 cm³/mol. The highest BCUT2D eigenvalue weighted by atomic mass is 32.2. The van der Waals surface area contributed by atoms with Gasteiger partial charge in [-0.25, -0.2) is 8.42 Å². The number of nitriles is 1. The average molecular weight is 337 g/mol. The third kappa shape index (κ3) is 3.90. The summed E-state index contributed by atoms with van der Waals surface area (Å²) in [7, 11) is 0.366. The Balaban J connectivity index is 2.13. The Hall–Kier alpha value is -1.46. The minimum Gasteiger partial charge on any atom is -0.396 e. The van der Waals surface area contributed by atoms with E-state index in [0.29, 0.717) is 31.5 Å². The third-order valence-corrected chi connectivity index (χ3v) is 6.30. The molecule has 7 heteroatoms. The molecule has 6 nitrogen and oxygen atoms in total. The Bertz CT molecular complexity index is 670. The van der Waals surface area contributed by atoms with Gasteiger partial charge in [0.2, 0.25) is 10.0 Å². The minimum absolute atomic E-state index is 0.0654. The smallest absolute Gasteiger partial charge is 0.243 e. The lowest BCUT2D eigenvalue weighted by Crippen LogP contribution is -2.48. The fourth-order valence-electron chi connectivity index (χ4n) is 3.09. The van der Waals surface area contributed by atoms with Crippen LogP contribution in [0.2, 0.25) is 0 Å². The average Bonchev–Trinajstić information content (AvgIpc) is 2.54. The van der Waals surface area contributed by atoms with Crippen molar-refractivity contribution in [1.29, 1.82) is 5.26 Å². The highest BCUT2D eigenvalue weighted by Gasteiger charge is 2.38. The molecule has 1 saturated heterocycles. The number of aliphatic hydroxyl groups excluding tert-OH is 1. The second-order valence-electron chi connectivity index (χ2n) is 6.44. The van der Waals surface area contributed by atoms with Crippen LogP contribution in [0.1, 0.15) is 18.4 Å². The van der Waals surface area contributed by atoms with Gasteiger partial charge in [-0.2, -0.15) is 9.57 Å². The summed E-state index contributed by atoms with van der Waals surface area (Å²) in [6.07, 6.45) is 1.27. The fourth-order valence-corrected chi connectivity index (χ4v) is 4.53. The lowest BCUT2D eigenvalue weighted by molar-refractivity contribution is 0.0442. The Kier molecular flexibility index (Phi) is 5.42. The number of aliphatic hydroxyl groups is 1. The molecule has 1 aliphatic rings. The molecule has 2 rings (SSSR count). The van der Waals surface area contributed by atoms with Crippen molar-refractivity contribution in [2.24, 2.45) is 5.41 Å². The monoisotopic (exact) mass is 337 g/mol. The third-order valence-electron chi connectivity index (χ3n) is 4.39. The molecule has 1 aromatic rings. The van der Waals surface area contributed by atoms with Crippen LogP contribution in [-0.2, 0) is 10.0 Å². The van der Waals surface area contributed by atoms with Crippen LogP contribution in [0.5, 0.6) is 0 Å². The van der Waals surface area contributed by atoms with Crippen LogP contribution in [0, 0.1) is 16.7 Å². The molecular weight excluding hydrogens is 314 g/mol. The summed E-state index contributed by atoms with van der Waals surface area (Å²) in [6, 6.07) is 7.96. The second kappa shape index (κ2) is 6.97. The Morgan fingerprint density at radius 2 is 1.83 bits per heavy atom. The van der Waals surface area contributed by atoms with Crippen LogP contribution in [0.15, 0.2) is 29.2 Å². The van der Waals surface area contributed by atoms with Crippen LogP contribution in [0.4, 0.5) is 0 Å². The maximum absolute atomic E-state index is 12.7. The zero-order chi connectivity index (χ0) is 17.1. The van der Waals surface area contributed by atoms with Crippen LogP contribution >= 0.6 is 0 Å². The minimum atomic E-state index is -3.55. The van der Waals surface area contributed by atoms with Crippen molar-refractivity contribution in [3.63, 3.8) is 0 Å². The molecule has 1 heterocycles. The number of sulfonamides is 1. The van der Waals surface area contributed by atoms with Gasteiger partial charge in [0.05, 0.1) is 23.1 Å². The summed E-state index contributed by atoms with van der Waals surface area (Å²) >= 11 is 0. The van der Waals surface area contributed by atoms with E-state index in [9.17, 15) is 13.5 Å². The van der Waals surface area contributed by atoms with E-state index in [0.717, 1.165) is 6.54 Å². The molecule has 0 spiro atoms. The number of hydrogen-bond donors (Lipinski definition) is 1. The van der Waals surface area contributed by atoms with Crippen molar-refractivity contribution in [3.05, 3.63) is 29.8 Å². The van der Waals surface area contributed by atoms with Crippen LogP contribution in [0.25, 0.3) is 0 Å². The van der Waals surface area contributed by atoms with Crippen molar-refractivity contribution >= 4 is 10.0 Å². The van der Waals surface area contributed by atoms with Crippen molar-refractivity contribution in [3.8, 4) is 6.07 Å². The van der Waals surface area contributed by atoms with Crippen molar-refractivity contribution in [1.82, 2.24) is 9.21 Å². The maximum atomic E-state index is 12.7. The molecule has 1 aliphatic heterocycles. The summed E-state index contributed by atoms with van der Waals surface area (Å²) in [5.74, 6) is 0. The maximum Gasteiger partial charge on any atom is 0.243 e. The first kappa shape index (κ1) is 17.9. The molecule has 0 amide bonds. The van der Waals surface area contributed by atoms with Crippen LogP contribution in [0.3, 0.4) is 0 Å². The fraction of sp³-hybridized carbons (Fsp3) is 0.562. The van der Waals surface area contributed by atoms with E-state index in [1.807, 2.05) is 25.1 Å². The first-order valence-corrected chi connectivity index (χ1v) is 9.03. The van der Waals surface area contributed by atoms with Crippen molar-refractivity contribution < 1.29 is 13.5 Å². The molecule has 126 valence electrons.